The van der Waals surface area contributed by atoms with Crippen molar-refractivity contribution >= 4 is 39.8 Å². The van der Waals surface area contributed by atoms with Crippen molar-refractivity contribution in [2.75, 3.05) is 43.7 Å². The third-order valence-electron chi connectivity index (χ3n) is 3.65. The largest absolute Gasteiger partial charge is 0.378 e. The Balaban J connectivity index is 1.91. The van der Waals surface area contributed by atoms with Gasteiger partial charge in [0, 0.05) is 13.1 Å². The van der Waals surface area contributed by atoms with Crippen molar-refractivity contribution in [2.24, 2.45) is 4.99 Å². The second-order valence-corrected chi connectivity index (χ2v) is 7.09. The molecular formula is C16H21N5OS2. The third-order valence-corrected chi connectivity index (χ3v) is 5.53. The summed E-state index contributed by atoms with van der Waals surface area (Å²) < 4.78 is 8.35. The highest BCUT2D eigenvalue weighted by Gasteiger charge is 2.19. The molecule has 1 aromatic heterocycles. The smallest absolute Gasteiger partial charge is 0.271 e. The van der Waals surface area contributed by atoms with Crippen LogP contribution >= 0.6 is 23.5 Å². The maximum Gasteiger partial charge on any atom is 0.271 e. The van der Waals surface area contributed by atoms with Crippen molar-refractivity contribution in [3.63, 3.8) is 0 Å². The Morgan fingerprint density at radius 3 is 2.54 bits per heavy atom. The van der Waals surface area contributed by atoms with Crippen LogP contribution in [0, 0.1) is 0 Å². The van der Waals surface area contributed by atoms with E-state index in [0.29, 0.717) is 12.5 Å². The first-order valence-electron chi connectivity index (χ1n) is 7.78. The average molecular weight is 364 g/mol. The van der Waals surface area contributed by atoms with Gasteiger partial charge in [-0.2, -0.15) is 9.98 Å². The van der Waals surface area contributed by atoms with Gasteiger partial charge in [0.25, 0.3) is 5.95 Å². The number of thioether (sulfide) groups is 2. The number of benzene rings is 1. The molecule has 8 heteroatoms. The second-order valence-electron chi connectivity index (χ2n) is 5.24. The Morgan fingerprint density at radius 1 is 1.17 bits per heavy atom. The number of nitrogens with zero attached hydrogens (tertiary/aromatic N) is 5. The number of aromatic nitrogens is 3. The van der Waals surface area contributed by atoms with Gasteiger partial charge in [-0.25, -0.2) is 4.68 Å². The molecule has 1 aliphatic heterocycles. The highest BCUT2D eigenvalue weighted by Crippen LogP contribution is 2.22. The molecular weight excluding hydrogens is 342 g/mol. The molecule has 0 spiro atoms. The Hall–Kier alpha value is -1.51. The molecule has 3 rings (SSSR count). The lowest BCUT2D eigenvalue weighted by atomic mass is 10.2. The molecule has 0 N–H and O–H groups in total. The number of hydrogen-bond donors (Lipinski definition) is 0. The summed E-state index contributed by atoms with van der Waals surface area (Å²) >= 11 is 3.22. The SMILES string of the molecule is CSC(=Nc1nc(N2CCOCC2)n(Cc2ccccc2)n1)SC. The first-order chi connectivity index (χ1) is 11.8. The maximum atomic E-state index is 5.45. The zero-order chi connectivity index (χ0) is 16.8. The van der Waals surface area contributed by atoms with E-state index in [1.54, 1.807) is 23.5 Å². The molecule has 24 heavy (non-hydrogen) atoms. The van der Waals surface area contributed by atoms with Crippen LogP contribution in [0.25, 0.3) is 0 Å². The number of ether oxygens (including phenoxy) is 1. The molecule has 1 aliphatic rings. The summed E-state index contributed by atoms with van der Waals surface area (Å²) in [5.74, 6) is 1.38. The van der Waals surface area contributed by atoms with Gasteiger partial charge in [0.15, 0.2) is 0 Å². The van der Waals surface area contributed by atoms with Gasteiger partial charge >= 0.3 is 0 Å². The highest BCUT2D eigenvalue weighted by atomic mass is 32.2. The van der Waals surface area contributed by atoms with Gasteiger partial charge in [-0.3, -0.25) is 0 Å². The average Bonchev–Trinajstić information content (AvgIpc) is 3.03. The fraction of sp³-hybridized carbons (Fsp3) is 0.438. The van der Waals surface area contributed by atoms with Crippen LogP contribution in [0.3, 0.4) is 0 Å². The molecule has 0 bridgehead atoms. The Morgan fingerprint density at radius 2 is 1.88 bits per heavy atom. The van der Waals surface area contributed by atoms with Gasteiger partial charge in [0.1, 0.15) is 4.38 Å². The summed E-state index contributed by atoms with van der Waals surface area (Å²) in [6.07, 6.45) is 4.03. The predicted molar refractivity (Wildman–Crippen MR) is 103 cm³/mol. The molecule has 0 radical (unpaired) electrons. The lowest BCUT2D eigenvalue weighted by molar-refractivity contribution is 0.121. The topological polar surface area (TPSA) is 55.5 Å². The quantitative estimate of drug-likeness (QED) is 0.615. The molecule has 0 aliphatic carbocycles. The van der Waals surface area contributed by atoms with Crippen LogP contribution in [0.4, 0.5) is 11.9 Å². The highest BCUT2D eigenvalue weighted by molar-refractivity contribution is 8.38. The molecule has 2 aromatic rings. The van der Waals surface area contributed by atoms with Gasteiger partial charge in [0.05, 0.1) is 19.8 Å². The number of morpholine rings is 1. The number of aliphatic imine (C=N–C) groups is 1. The minimum atomic E-state index is 0.520. The van der Waals surface area contributed by atoms with E-state index >= 15 is 0 Å². The van der Waals surface area contributed by atoms with Gasteiger partial charge in [0.2, 0.25) is 5.95 Å². The predicted octanol–water partition coefficient (Wildman–Crippen LogP) is 2.88. The summed E-state index contributed by atoms with van der Waals surface area (Å²) in [5, 5.41) is 4.63. The van der Waals surface area contributed by atoms with E-state index in [2.05, 4.69) is 32.1 Å². The monoisotopic (exact) mass is 363 g/mol. The van der Waals surface area contributed by atoms with Crippen molar-refractivity contribution in [3.8, 4) is 0 Å². The van der Waals surface area contributed by atoms with Crippen LogP contribution in [0.2, 0.25) is 0 Å². The van der Waals surface area contributed by atoms with Crippen molar-refractivity contribution in [2.45, 2.75) is 6.54 Å². The van der Waals surface area contributed by atoms with E-state index in [9.17, 15) is 0 Å². The molecule has 0 amide bonds. The van der Waals surface area contributed by atoms with E-state index in [-0.39, 0.29) is 0 Å². The molecule has 128 valence electrons. The van der Waals surface area contributed by atoms with Gasteiger partial charge < -0.3 is 9.64 Å². The second kappa shape index (κ2) is 8.55. The summed E-state index contributed by atoms with van der Waals surface area (Å²) in [6, 6.07) is 10.3. The summed E-state index contributed by atoms with van der Waals surface area (Å²) in [4.78, 5) is 11.4. The number of anilines is 1. The number of hydrogen-bond acceptors (Lipinski definition) is 7. The standard InChI is InChI=1S/C16H21N5OS2/c1-23-16(24-2)18-14-17-15(20-8-10-22-11-9-20)21(19-14)12-13-6-4-3-5-7-13/h3-7H,8-12H2,1-2H3. The molecule has 1 aromatic carbocycles. The maximum absolute atomic E-state index is 5.45. The van der Waals surface area contributed by atoms with Crippen LogP contribution < -0.4 is 4.90 Å². The Labute approximate surface area is 150 Å². The van der Waals surface area contributed by atoms with E-state index in [4.69, 9.17) is 4.74 Å². The van der Waals surface area contributed by atoms with Crippen molar-refractivity contribution in [1.29, 1.82) is 0 Å². The molecule has 1 saturated heterocycles. The molecule has 0 unspecified atom stereocenters. The van der Waals surface area contributed by atoms with Crippen molar-refractivity contribution in [1.82, 2.24) is 14.8 Å². The van der Waals surface area contributed by atoms with E-state index in [0.717, 1.165) is 36.6 Å². The molecule has 1 fully saturated rings. The minimum Gasteiger partial charge on any atom is -0.378 e. The first-order valence-corrected chi connectivity index (χ1v) is 10.2. The fourth-order valence-electron chi connectivity index (χ4n) is 2.49. The Kier molecular flexibility index (Phi) is 6.17. The van der Waals surface area contributed by atoms with E-state index in [1.165, 1.54) is 5.56 Å². The summed E-state index contributed by atoms with van der Waals surface area (Å²) in [5.41, 5.74) is 1.20. The van der Waals surface area contributed by atoms with Crippen molar-refractivity contribution in [3.05, 3.63) is 35.9 Å². The lowest BCUT2D eigenvalue weighted by Gasteiger charge is -2.27. The first kappa shape index (κ1) is 17.3. The molecule has 2 heterocycles. The van der Waals surface area contributed by atoms with Crippen LogP contribution in [0.5, 0.6) is 0 Å². The van der Waals surface area contributed by atoms with Crippen LogP contribution in [0.1, 0.15) is 5.56 Å². The molecule has 6 nitrogen and oxygen atoms in total. The van der Waals surface area contributed by atoms with Gasteiger partial charge in [-0.1, -0.05) is 30.3 Å². The molecule has 0 atom stereocenters. The Bertz CT molecular complexity index is 677. The van der Waals surface area contributed by atoms with Crippen LogP contribution in [-0.4, -0.2) is 58.0 Å². The number of rotatable bonds is 4. The van der Waals surface area contributed by atoms with Gasteiger partial charge in [-0.05, 0) is 18.1 Å². The molecule has 0 saturated carbocycles. The lowest BCUT2D eigenvalue weighted by Crippen LogP contribution is -2.38. The fourth-order valence-corrected chi connectivity index (χ4v) is 3.50. The normalized spacial score (nSPS) is 14.7. The van der Waals surface area contributed by atoms with E-state index < -0.39 is 0 Å². The summed E-state index contributed by atoms with van der Waals surface area (Å²) in [7, 11) is 0. The summed E-state index contributed by atoms with van der Waals surface area (Å²) in [6.45, 7) is 3.78. The van der Waals surface area contributed by atoms with Crippen LogP contribution in [-0.2, 0) is 11.3 Å². The minimum absolute atomic E-state index is 0.520. The zero-order valence-corrected chi connectivity index (χ0v) is 15.5. The third kappa shape index (κ3) is 4.31. The van der Waals surface area contributed by atoms with E-state index in [1.807, 2.05) is 35.4 Å². The van der Waals surface area contributed by atoms with Crippen molar-refractivity contribution < 1.29 is 4.74 Å². The zero-order valence-electron chi connectivity index (χ0n) is 13.9. The van der Waals surface area contributed by atoms with Crippen LogP contribution in [0.15, 0.2) is 35.3 Å². The van der Waals surface area contributed by atoms with Gasteiger partial charge in [-0.15, -0.1) is 28.6 Å².